The number of nitrogens with zero attached hydrogens (tertiary/aromatic N) is 2. The van der Waals surface area contributed by atoms with Crippen molar-refractivity contribution in [2.45, 2.75) is 96.9 Å². The fourth-order valence-corrected chi connectivity index (χ4v) is 7.55. The van der Waals surface area contributed by atoms with Crippen molar-refractivity contribution in [3.8, 4) is 11.6 Å². The van der Waals surface area contributed by atoms with Crippen molar-refractivity contribution in [3.05, 3.63) is 29.8 Å². The van der Waals surface area contributed by atoms with E-state index < -0.39 is 29.7 Å². The van der Waals surface area contributed by atoms with E-state index in [0.717, 1.165) is 55.0 Å². The first-order chi connectivity index (χ1) is 20.6. The van der Waals surface area contributed by atoms with Crippen LogP contribution in [0.1, 0.15) is 71.8 Å². The summed E-state index contributed by atoms with van der Waals surface area (Å²) in [6.45, 7) is 7.81. The summed E-state index contributed by atoms with van der Waals surface area (Å²) in [5.41, 5.74) is 1.17. The molecule has 237 valence electrons. The Morgan fingerprint density at radius 1 is 1.05 bits per heavy atom. The molecule has 8 atom stereocenters. The monoisotopic (exact) mass is 641 g/mol. The third-order valence-electron chi connectivity index (χ3n) is 10.2. The van der Waals surface area contributed by atoms with Crippen molar-refractivity contribution in [1.29, 1.82) is 0 Å². The van der Waals surface area contributed by atoms with E-state index in [1.54, 1.807) is 7.11 Å². The number of benzene rings is 1. The van der Waals surface area contributed by atoms with Gasteiger partial charge in [0, 0.05) is 35.6 Å². The van der Waals surface area contributed by atoms with Crippen LogP contribution in [0, 0.1) is 29.1 Å². The number of methoxy groups -OCH3 is 1. The van der Waals surface area contributed by atoms with Crippen LogP contribution in [0.2, 0.25) is 0 Å². The molecule has 9 nitrogen and oxygen atoms in total. The average molecular weight is 642 g/mol. The van der Waals surface area contributed by atoms with Crippen LogP contribution in [-0.2, 0) is 39.3 Å². The third-order valence-corrected chi connectivity index (χ3v) is 10.2. The fourth-order valence-electron chi connectivity index (χ4n) is 7.55. The summed E-state index contributed by atoms with van der Waals surface area (Å²) in [4.78, 5) is 46.0. The summed E-state index contributed by atoms with van der Waals surface area (Å²) in [7, 11) is 1.63. The molecule has 2 unspecified atom stereocenters. The second kappa shape index (κ2) is 12.9. The zero-order chi connectivity index (χ0) is 30.5. The van der Waals surface area contributed by atoms with Gasteiger partial charge in [0.05, 0.1) is 19.2 Å². The number of pyridine rings is 1. The molecule has 1 N–H and O–H groups in total. The fraction of sp³-hybridized carbons (Fsp3) is 0.647. The first-order valence-corrected chi connectivity index (χ1v) is 15.9. The van der Waals surface area contributed by atoms with Crippen LogP contribution in [0.5, 0.6) is 11.6 Å². The second-order valence-electron chi connectivity index (χ2n) is 14.1. The number of nitrogens with one attached hydrogen (secondary N) is 1. The molecule has 2 aliphatic carbocycles. The molecule has 44 heavy (non-hydrogen) atoms. The molecule has 1 aromatic heterocycles. The van der Waals surface area contributed by atoms with Crippen LogP contribution >= 0.6 is 0 Å². The number of hydrogen-bond donors (Lipinski definition) is 1. The largest absolute Gasteiger partial charge is 0.540 e. The second-order valence-corrected chi connectivity index (χ2v) is 14.1. The number of alkyl carbamates (subject to hydrolysis) is 1. The molecular weight excluding hydrogens is 597 g/mol. The Morgan fingerprint density at radius 2 is 1.84 bits per heavy atom. The minimum Gasteiger partial charge on any atom is -0.540 e. The molecule has 1 saturated heterocycles. The van der Waals surface area contributed by atoms with Crippen LogP contribution in [0.25, 0.3) is 10.9 Å². The summed E-state index contributed by atoms with van der Waals surface area (Å²) in [6, 6.07) is 6.29. The molecule has 2 aliphatic heterocycles. The third kappa shape index (κ3) is 6.46. The average Bonchev–Trinajstić information content (AvgIpc) is 3.55. The zero-order valence-electron chi connectivity index (χ0n) is 26.4. The minimum absolute atomic E-state index is 0. The van der Waals surface area contributed by atoms with Gasteiger partial charge in [-0.3, -0.25) is 4.79 Å². The van der Waals surface area contributed by atoms with Crippen molar-refractivity contribution < 1.29 is 47.1 Å². The molecule has 3 fully saturated rings. The summed E-state index contributed by atoms with van der Waals surface area (Å²) in [5, 5.41) is 3.90. The van der Waals surface area contributed by atoms with Crippen molar-refractivity contribution in [2.24, 2.45) is 29.1 Å². The molecule has 1 aromatic carbocycles. The number of aryl methyl sites for hydroxylation is 1. The normalized spacial score (nSPS) is 32.4. The Hall–Kier alpha value is -2.78. The number of hydrogen-bond acceptors (Lipinski definition) is 7. The van der Waals surface area contributed by atoms with Gasteiger partial charge in [-0.25, -0.2) is 16.1 Å². The first kappa shape index (κ1) is 32.6. The molecule has 0 spiro atoms. The predicted octanol–water partition coefficient (Wildman–Crippen LogP) is 5.23. The van der Waals surface area contributed by atoms with Gasteiger partial charge in [0.25, 0.3) is 0 Å². The van der Waals surface area contributed by atoms with Gasteiger partial charge in [0.1, 0.15) is 24.0 Å². The van der Waals surface area contributed by atoms with Gasteiger partial charge in [0.15, 0.2) is 0 Å². The summed E-state index contributed by atoms with van der Waals surface area (Å²) in [5.74, 6) is 2.23. The van der Waals surface area contributed by atoms with Crippen LogP contribution in [0.3, 0.4) is 0 Å². The summed E-state index contributed by atoms with van der Waals surface area (Å²) < 4.78 is 18.0. The van der Waals surface area contributed by atoms with Gasteiger partial charge in [-0.15, -0.1) is 0 Å². The van der Waals surface area contributed by atoms with E-state index in [4.69, 9.17) is 19.2 Å². The maximum Gasteiger partial charge on any atom is 0.408 e. The van der Waals surface area contributed by atoms with E-state index >= 15 is 0 Å². The van der Waals surface area contributed by atoms with Gasteiger partial charge in [-0.2, -0.15) is 0 Å². The first-order valence-electron chi connectivity index (χ1n) is 15.9. The van der Waals surface area contributed by atoms with E-state index in [1.807, 2.05) is 45.9 Å². The maximum atomic E-state index is 14.1. The summed E-state index contributed by atoms with van der Waals surface area (Å²) in [6.07, 6.45) is 8.02. The molecule has 6 rings (SSSR count). The SMILES string of the molecule is COc1ccc2cc3c(nc2c1)O[C@H]1CN(C(=O)[C@H](C(C)(C)C)NC(=O)O[C@@H]2CC4CC4[C@H]2CCCCC3)[C@H]([C-]=O)[C@@H]1C.[V]. The maximum absolute atomic E-state index is 14.1. The standard InChI is InChI=1S/C34H44N3O6.V/c1-19-27(18-38)37-17-29(19)42-31-21(13-20-11-12-23(41-5)16-26(20)35-31)9-7-6-8-10-24-25-14-22(25)15-28(24)43-33(40)36-30(32(37)39)34(2,3)4;/h11-13,16,19,22,24-25,27-30H,6-10,14-15,17H2,1-5H3,(H,36,40);/q-1;/t19-,22?,24+,25?,27+,28+,29-,30+;/m0./s1. The van der Waals surface area contributed by atoms with Crippen molar-refractivity contribution >= 4 is 29.2 Å². The van der Waals surface area contributed by atoms with Gasteiger partial charge in [-0.1, -0.05) is 46.6 Å². The molecule has 2 bridgehead atoms. The molecular formula is C34H44N3O6V-. The van der Waals surface area contributed by atoms with Crippen LogP contribution in [0.4, 0.5) is 4.79 Å². The number of fused-ring (bicyclic) bond motifs is 7. The summed E-state index contributed by atoms with van der Waals surface area (Å²) >= 11 is 0. The number of aromatic nitrogens is 1. The Kier molecular flexibility index (Phi) is 9.57. The molecule has 1 radical (unpaired) electrons. The molecule has 2 saturated carbocycles. The van der Waals surface area contributed by atoms with Gasteiger partial charge in [0.2, 0.25) is 11.8 Å². The number of carbonyl (C=O) groups is 2. The van der Waals surface area contributed by atoms with E-state index in [-0.39, 0.29) is 43.0 Å². The minimum atomic E-state index is -0.878. The van der Waals surface area contributed by atoms with E-state index in [9.17, 15) is 14.4 Å². The Labute approximate surface area is 272 Å². The Balaban J connectivity index is 0.00000384. The smallest absolute Gasteiger partial charge is 0.408 e. The quantitative estimate of drug-likeness (QED) is 0.448. The van der Waals surface area contributed by atoms with E-state index in [1.165, 1.54) is 11.3 Å². The molecule has 2 aromatic rings. The topological polar surface area (TPSA) is 107 Å². The van der Waals surface area contributed by atoms with Crippen molar-refractivity contribution in [1.82, 2.24) is 15.2 Å². The predicted molar refractivity (Wildman–Crippen MR) is 162 cm³/mol. The van der Waals surface area contributed by atoms with Gasteiger partial charge in [-0.05, 0) is 79.4 Å². The van der Waals surface area contributed by atoms with Gasteiger partial charge >= 0.3 is 6.09 Å². The zero-order valence-corrected chi connectivity index (χ0v) is 27.8. The number of ether oxygens (including phenoxy) is 3. The van der Waals surface area contributed by atoms with Crippen LogP contribution < -0.4 is 14.8 Å². The number of amides is 2. The van der Waals surface area contributed by atoms with E-state index in [2.05, 4.69) is 17.7 Å². The van der Waals surface area contributed by atoms with Crippen molar-refractivity contribution in [2.75, 3.05) is 13.7 Å². The molecule has 10 heteroatoms. The van der Waals surface area contributed by atoms with Crippen molar-refractivity contribution in [3.63, 3.8) is 0 Å². The van der Waals surface area contributed by atoms with E-state index in [0.29, 0.717) is 29.4 Å². The molecule has 4 aliphatic rings. The van der Waals surface area contributed by atoms with Crippen LogP contribution in [0.15, 0.2) is 24.3 Å². The molecule has 3 heterocycles. The Morgan fingerprint density at radius 3 is 2.57 bits per heavy atom. The number of carbonyl (C=O) groups excluding carboxylic acids is 3. The number of rotatable bonds is 2. The molecule has 2 amide bonds. The van der Waals surface area contributed by atoms with Gasteiger partial charge < -0.3 is 29.2 Å². The Bertz CT molecular complexity index is 1400. The van der Waals surface area contributed by atoms with Crippen LogP contribution in [-0.4, -0.2) is 66.1 Å².